The van der Waals surface area contributed by atoms with E-state index in [-0.39, 0.29) is 6.79 Å². The van der Waals surface area contributed by atoms with E-state index in [1.54, 1.807) is 0 Å². The number of H-pyrrole nitrogens is 1. The number of rotatable bonds is 2. The van der Waals surface area contributed by atoms with Gasteiger partial charge in [-0.1, -0.05) is 0 Å². The lowest BCUT2D eigenvalue weighted by molar-refractivity contribution is 0.174. The summed E-state index contributed by atoms with van der Waals surface area (Å²) in [5, 5.41) is 0. The zero-order chi connectivity index (χ0) is 14.4. The molecule has 0 saturated heterocycles. The quantitative estimate of drug-likeness (QED) is 0.782. The maximum absolute atomic E-state index is 5.40. The van der Waals surface area contributed by atoms with E-state index in [2.05, 4.69) is 15.0 Å². The number of aromatic amines is 1. The topological polar surface area (TPSA) is 63.3 Å². The lowest BCUT2D eigenvalue weighted by Gasteiger charge is -2.09. The number of anilines is 1. The molecule has 1 aliphatic rings. The summed E-state index contributed by atoms with van der Waals surface area (Å²) in [6.45, 7) is 0.271. The van der Waals surface area contributed by atoms with E-state index in [1.807, 2.05) is 49.3 Å². The van der Waals surface area contributed by atoms with Crippen molar-refractivity contribution in [2.75, 3.05) is 25.8 Å². The van der Waals surface area contributed by atoms with Gasteiger partial charge in [-0.25, -0.2) is 9.97 Å². The summed E-state index contributed by atoms with van der Waals surface area (Å²) >= 11 is 0. The molecule has 4 rings (SSSR count). The number of imidazole rings is 1. The van der Waals surface area contributed by atoms with Crippen molar-refractivity contribution in [3.63, 3.8) is 0 Å². The highest BCUT2D eigenvalue weighted by Crippen LogP contribution is 2.35. The third-order valence-electron chi connectivity index (χ3n) is 3.44. The molecule has 0 spiro atoms. The van der Waals surface area contributed by atoms with Crippen molar-refractivity contribution in [1.82, 2.24) is 15.0 Å². The molecule has 0 aliphatic carbocycles. The van der Waals surface area contributed by atoms with Crippen molar-refractivity contribution >= 4 is 17.0 Å². The van der Waals surface area contributed by atoms with Gasteiger partial charge in [0.2, 0.25) is 6.79 Å². The number of ether oxygens (including phenoxy) is 2. The average molecular weight is 282 g/mol. The van der Waals surface area contributed by atoms with Crippen LogP contribution in [0, 0.1) is 0 Å². The average Bonchev–Trinajstić information content (AvgIpc) is 3.11. The van der Waals surface area contributed by atoms with E-state index < -0.39 is 0 Å². The number of hydrogen-bond acceptors (Lipinski definition) is 5. The van der Waals surface area contributed by atoms with Gasteiger partial charge in [0, 0.05) is 19.7 Å². The number of hydrogen-bond donors (Lipinski definition) is 1. The number of nitrogens with one attached hydrogen (secondary N) is 1. The molecule has 1 N–H and O–H groups in total. The van der Waals surface area contributed by atoms with Crippen LogP contribution in [-0.4, -0.2) is 35.8 Å². The highest BCUT2D eigenvalue weighted by atomic mass is 16.7. The third-order valence-corrected chi connectivity index (χ3v) is 3.44. The van der Waals surface area contributed by atoms with Crippen LogP contribution in [0.15, 0.2) is 30.3 Å². The Balaban J connectivity index is 1.80. The maximum atomic E-state index is 5.40. The monoisotopic (exact) mass is 282 g/mol. The number of nitrogens with zero attached hydrogens (tertiary/aromatic N) is 3. The van der Waals surface area contributed by atoms with Crippen molar-refractivity contribution in [3.05, 3.63) is 30.3 Å². The van der Waals surface area contributed by atoms with Gasteiger partial charge in [-0.05, 0) is 30.3 Å². The molecular formula is C15H14N4O2. The second kappa shape index (κ2) is 4.37. The van der Waals surface area contributed by atoms with Gasteiger partial charge in [0.15, 0.2) is 17.1 Å². The zero-order valence-electron chi connectivity index (χ0n) is 11.8. The molecule has 3 aromatic rings. The van der Waals surface area contributed by atoms with Crippen molar-refractivity contribution in [2.24, 2.45) is 0 Å². The lowest BCUT2D eigenvalue weighted by atomic mass is 10.2. The first kappa shape index (κ1) is 12.0. The molecule has 0 bridgehead atoms. The van der Waals surface area contributed by atoms with E-state index in [0.717, 1.165) is 34.2 Å². The number of pyridine rings is 1. The van der Waals surface area contributed by atoms with E-state index in [4.69, 9.17) is 9.47 Å². The highest BCUT2D eigenvalue weighted by molar-refractivity contribution is 5.78. The molecule has 21 heavy (non-hydrogen) atoms. The normalized spacial score (nSPS) is 12.9. The van der Waals surface area contributed by atoms with Crippen LogP contribution in [0.3, 0.4) is 0 Å². The van der Waals surface area contributed by atoms with Gasteiger partial charge in [-0.2, -0.15) is 0 Å². The Labute approximate surface area is 121 Å². The highest BCUT2D eigenvalue weighted by Gasteiger charge is 2.15. The predicted molar refractivity (Wildman–Crippen MR) is 79.8 cm³/mol. The van der Waals surface area contributed by atoms with Gasteiger partial charge in [-0.3, -0.25) is 0 Å². The van der Waals surface area contributed by atoms with Crippen LogP contribution in [0.1, 0.15) is 0 Å². The summed E-state index contributed by atoms with van der Waals surface area (Å²) in [6.07, 6.45) is 0. The van der Waals surface area contributed by atoms with Crippen LogP contribution < -0.4 is 14.4 Å². The molecule has 106 valence electrons. The van der Waals surface area contributed by atoms with E-state index in [0.29, 0.717) is 5.65 Å². The molecule has 0 saturated carbocycles. The predicted octanol–water partition coefficient (Wildman–Crippen LogP) is 2.42. The maximum Gasteiger partial charge on any atom is 0.231 e. The van der Waals surface area contributed by atoms with Crippen LogP contribution in [-0.2, 0) is 0 Å². The van der Waals surface area contributed by atoms with Crippen molar-refractivity contribution in [2.45, 2.75) is 0 Å². The summed E-state index contributed by atoms with van der Waals surface area (Å²) in [4.78, 5) is 14.3. The fraction of sp³-hybridized carbons (Fsp3) is 0.200. The Kier molecular flexibility index (Phi) is 2.50. The van der Waals surface area contributed by atoms with Gasteiger partial charge < -0.3 is 19.4 Å². The first-order chi connectivity index (χ1) is 10.2. The smallest absolute Gasteiger partial charge is 0.231 e. The molecule has 1 aromatic carbocycles. The summed E-state index contributed by atoms with van der Waals surface area (Å²) in [6, 6.07) is 9.72. The summed E-state index contributed by atoms with van der Waals surface area (Å²) in [5.74, 6) is 3.16. The zero-order valence-corrected chi connectivity index (χ0v) is 11.8. The standard InChI is InChI=1S/C15H14N4O2/c1-19(2)13-6-4-10-15(17-13)18-14(16-10)9-3-5-11-12(7-9)21-8-20-11/h3-7H,8H2,1-2H3,(H,16,17,18). The minimum Gasteiger partial charge on any atom is -0.454 e. The second-order valence-electron chi connectivity index (χ2n) is 5.09. The van der Waals surface area contributed by atoms with Crippen molar-refractivity contribution in [3.8, 4) is 22.9 Å². The molecule has 2 aromatic heterocycles. The van der Waals surface area contributed by atoms with E-state index in [9.17, 15) is 0 Å². The third kappa shape index (κ3) is 1.96. The number of benzene rings is 1. The Morgan fingerprint density at radius 3 is 2.76 bits per heavy atom. The SMILES string of the molecule is CN(C)c1ccc2[nH]c(-c3ccc4c(c3)OCO4)nc2n1. The summed E-state index contributed by atoms with van der Waals surface area (Å²) in [7, 11) is 3.92. The van der Waals surface area contributed by atoms with Crippen molar-refractivity contribution in [1.29, 1.82) is 0 Å². The molecule has 3 heterocycles. The first-order valence-electron chi connectivity index (χ1n) is 6.65. The number of aromatic nitrogens is 3. The van der Waals surface area contributed by atoms with Gasteiger partial charge in [0.25, 0.3) is 0 Å². The molecule has 6 nitrogen and oxygen atoms in total. The van der Waals surface area contributed by atoms with Crippen LogP contribution in [0.4, 0.5) is 5.82 Å². The Morgan fingerprint density at radius 1 is 1.05 bits per heavy atom. The largest absolute Gasteiger partial charge is 0.454 e. The minimum absolute atomic E-state index is 0.271. The Morgan fingerprint density at radius 2 is 1.90 bits per heavy atom. The van der Waals surface area contributed by atoms with Gasteiger partial charge in [0.05, 0.1) is 5.52 Å². The van der Waals surface area contributed by atoms with Crippen LogP contribution in [0.2, 0.25) is 0 Å². The summed E-state index contributed by atoms with van der Waals surface area (Å²) in [5.41, 5.74) is 2.56. The number of fused-ring (bicyclic) bond motifs is 2. The molecule has 6 heteroatoms. The lowest BCUT2D eigenvalue weighted by Crippen LogP contribution is -2.10. The van der Waals surface area contributed by atoms with Crippen LogP contribution >= 0.6 is 0 Å². The molecule has 0 atom stereocenters. The van der Waals surface area contributed by atoms with Crippen LogP contribution in [0.25, 0.3) is 22.6 Å². The first-order valence-corrected chi connectivity index (χ1v) is 6.65. The van der Waals surface area contributed by atoms with E-state index >= 15 is 0 Å². The van der Waals surface area contributed by atoms with Crippen molar-refractivity contribution < 1.29 is 9.47 Å². The Hall–Kier alpha value is -2.76. The molecule has 0 fully saturated rings. The molecular weight excluding hydrogens is 268 g/mol. The fourth-order valence-electron chi connectivity index (χ4n) is 2.31. The minimum atomic E-state index is 0.271. The van der Waals surface area contributed by atoms with E-state index in [1.165, 1.54) is 0 Å². The molecule has 0 unspecified atom stereocenters. The Bertz CT molecular complexity index is 826. The summed E-state index contributed by atoms with van der Waals surface area (Å²) < 4.78 is 10.7. The molecule has 1 aliphatic heterocycles. The van der Waals surface area contributed by atoms with Gasteiger partial charge in [0.1, 0.15) is 11.6 Å². The fourth-order valence-corrected chi connectivity index (χ4v) is 2.31. The van der Waals surface area contributed by atoms with Gasteiger partial charge >= 0.3 is 0 Å². The molecule has 0 radical (unpaired) electrons. The molecule has 0 amide bonds. The second-order valence-corrected chi connectivity index (χ2v) is 5.09. The van der Waals surface area contributed by atoms with Crippen LogP contribution in [0.5, 0.6) is 11.5 Å². The van der Waals surface area contributed by atoms with Gasteiger partial charge in [-0.15, -0.1) is 0 Å².